The summed E-state index contributed by atoms with van der Waals surface area (Å²) in [5, 5.41) is 2.78. The van der Waals surface area contributed by atoms with Crippen LogP contribution in [0.5, 0.6) is 0 Å². The van der Waals surface area contributed by atoms with Crippen LogP contribution in [0.25, 0.3) is 0 Å². The third-order valence-corrected chi connectivity index (χ3v) is 3.44. The summed E-state index contributed by atoms with van der Waals surface area (Å²) in [6.45, 7) is 1.86. The van der Waals surface area contributed by atoms with Crippen molar-refractivity contribution >= 4 is 23.5 Å². The number of fused-ring (bicyclic) bond motifs is 1. The highest BCUT2D eigenvalue weighted by molar-refractivity contribution is 7.99. The SMILES string of the molecule is CC1=NC2CCSCC2C(=O)N1. The van der Waals surface area contributed by atoms with Crippen molar-refractivity contribution in [2.24, 2.45) is 10.9 Å². The van der Waals surface area contributed by atoms with Crippen LogP contribution in [0.2, 0.25) is 0 Å². The Labute approximate surface area is 76.0 Å². The van der Waals surface area contributed by atoms with Crippen LogP contribution in [-0.2, 0) is 4.79 Å². The van der Waals surface area contributed by atoms with Gasteiger partial charge in [-0.2, -0.15) is 11.8 Å². The molecule has 0 spiro atoms. The van der Waals surface area contributed by atoms with Crippen LogP contribution in [0.4, 0.5) is 0 Å². The first kappa shape index (κ1) is 8.10. The van der Waals surface area contributed by atoms with Crippen LogP contribution in [0.3, 0.4) is 0 Å². The van der Waals surface area contributed by atoms with Gasteiger partial charge >= 0.3 is 0 Å². The lowest BCUT2D eigenvalue weighted by molar-refractivity contribution is -0.124. The fraction of sp³-hybridized carbons (Fsp3) is 0.750. The second-order valence-corrected chi connectivity index (χ2v) is 4.39. The number of nitrogens with zero attached hydrogens (tertiary/aromatic N) is 1. The van der Waals surface area contributed by atoms with Gasteiger partial charge in [-0.05, 0) is 19.1 Å². The zero-order valence-corrected chi connectivity index (χ0v) is 7.86. The van der Waals surface area contributed by atoms with Gasteiger partial charge in [0.25, 0.3) is 0 Å². The molecular weight excluding hydrogens is 172 g/mol. The van der Waals surface area contributed by atoms with E-state index >= 15 is 0 Å². The van der Waals surface area contributed by atoms with E-state index in [4.69, 9.17) is 0 Å². The van der Waals surface area contributed by atoms with Gasteiger partial charge in [-0.3, -0.25) is 9.79 Å². The number of nitrogens with one attached hydrogen (secondary N) is 1. The first-order valence-electron chi connectivity index (χ1n) is 4.20. The molecule has 1 fully saturated rings. The molecule has 2 heterocycles. The molecule has 1 amide bonds. The molecule has 12 heavy (non-hydrogen) atoms. The Bertz CT molecular complexity index is 239. The van der Waals surface area contributed by atoms with Crippen molar-refractivity contribution in [1.82, 2.24) is 5.32 Å². The standard InChI is InChI=1S/C8H12N2OS/c1-5-9-7-2-3-12-4-6(7)8(11)10-5/h6-7H,2-4H2,1H3,(H,9,10,11). The average molecular weight is 184 g/mol. The Morgan fingerprint density at radius 1 is 1.67 bits per heavy atom. The highest BCUT2D eigenvalue weighted by Crippen LogP contribution is 2.27. The fourth-order valence-corrected chi connectivity index (χ4v) is 2.89. The first-order chi connectivity index (χ1) is 5.77. The summed E-state index contributed by atoms with van der Waals surface area (Å²) >= 11 is 1.86. The predicted octanol–water partition coefficient (Wildman–Crippen LogP) is 0.656. The molecule has 2 aliphatic rings. The topological polar surface area (TPSA) is 41.5 Å². The molecule has 2 rings (SSSR count). The largest absolute Gasteiger partial charge is 0.314 e. The molecule has 0 bridgehead atoms. The highest BCUT2D eigenvalue weighted by Gasteiger charge is 2.34. The lowest BCUT2D eigenvalue weighted by Gasteiger charge is -2.31. The van der Waals surface area contributed by atoms with Gasteiger partial charge in [-0.25, -0.2) is 0 Å². The lowest BCUT2D eigenvalue weighted by atomic mass is 9.97. The minimum Gasteiger partial charge on any atom is -0.314 e. The van der Waals surface area contributed by atoms with Crippen molar-refractivity contribution in [3.8, 4) is 0 Å². The lowest BCUT2D eigenvalue weighted by Crippen LogP contribution is -2.47. The molecule has 2 atom stereocenters. The van der Waals surface area contributed by atoms with E-state index in [-0.39, 0.29) is 17.9 Å². The average Bonchev–Trinajstić information content (AvgIpc) is 2.04. The van der Waals surface area contributed by atoms with Gasteiger partial charge in [0.05, 0.1) is 12.0 Å². The normalized spacial score (nSPS) is 35.1. The number of amidine groups is 1. The molecule has 2 aliphatic heterocycles. The monoisotopic (exact) mass is 184 g/mol. The van der Waals surface area contributed by atoms with E-state index in [0.717, 1.165) is 23.8 Å². The second-order valence-electron chi connectivity index (χ2n) is 3.24. The van der Waals surface area contributed by atoms with Crippen molar-refractivity contribution in [2.75, 3.05) is 11.5 Å². The fourth-order valence-electron chi connectivity index (χ4n) is 1.68. The van der Waals surface area contributed by atoms with Crippen molar-refractivity contribution in [3.63, 3.8) is 0 Å². The summed E-state index contributed by atoms with van der Waals surface area (Å²) in [5.41, 5.74) is 0. The molecule has 0 aromatic rings. The maximum atomic E-state index is 11.4. The zero-order valence-electron chi connectivity index (χ0n) is 7.04. The quantitative estimate of drug-likeness (QED) is 0.601. The molecule has 0 saturated carbocycles. The Hall–Kier alpha value is -0.510. The van der Waals surface area contributed by atoms with Crippen LogP contribution < -0.4 is 5.32 Å². The number of rotatable bonds is 0. The number of hydrogen-bond donors (Lipinski definition) is 1. The van der Waals surface area contributed by atoms with Crippen LogP contribution in [0.1, 0.15) is 13.3 Å². The van der Waals surface area contributed by atoms with Crippen molar-refractivity contribution < 1.29 is 4.79 Å². The molecule has 0 radical (unpaired) electrons. The second kappa shape index (κ2) is 3.09. The molecule has 0 aliphatic carbocycles. The zero-order chi connectivity index (χ0) is 8.55. The molecule has 66 valence electrons. The van der Waals surface area contributed by atoms with Crippen molar-refractivity contribution in [3.05, 3.63) is 0 Å². The number of carbonyl (C=O) groups excluding carboxylic acids is 1. The van der Waals surface area contributed by atoms with E-state index in [1.165, 1.54) is 0 Å². The molecule has 3 nitrogen and oxygen atoms in total. The first-order valence-corrected chi connectivity index (χ1v) is 5.36. The van der Waals surface area contributed by atoms with Gasteiger partial charge < -0.3 is 5.32 Å². The van der Waals surface area contributed by atoms with Gasteiger partial charge in [-0.15, -0.1) is 0 Å². The third kappa shape index (κ3) is 1.35. The Morgan fingerprint density at radius 2 is 2.50 bits per heavy atom. The predicted molar refractivity (Wildman–Crippen MR) is 50.5 cm³/mol. The number of amides is 1. The minimum atomic E-state index is 0.132. The summed E-state index contributed by atoms with van der Waals surface area (Å²) in [5.74, 6) is 3.17. The summed E-state index contributed by atoms with van der Waals surface area (Å²) in [6, 6.07) is 0.264. The number of aliphatic imine (C=N–C) groups is 1. The Kier molecular flexibility index (Phi) is 2.09. The Morgan fingerprint density at radius 3 is 3.33 bits per heavy atom. The maximum absolute atomic E-state index is 11.4. The van der Waals surface area contributed by atoms with Crippen molar-refractivity contribution in [1.29, 1.82) is 0 Å². The molecule has 0 aromatic carbocycles. The summed E-state index contributed by atoms with van der Waals surface area (Å²) in [6.07, 6.45) is 1.06. The smallest absolute Gasteiger partial charge is 0.231 e. The van der Waals surface area contributed by atoms with Crippen LogP contribution in [0, 0.1) is 5.92 Å². The maximum Gasteiger partial charge on any atom is 0.231 e. The van der Waals surface area contributed by atoms with E-state index in [9.17, 15) is 4.79 Å². The van der Waals surface area contributed by atoms with Crippen LogP contribution in [-0.4, -0.2) is 29.3 Å². The van der Waals surface area contributed by atoms with E-state index in [2.05, 4.69) is 10.3 Å². The molecule has 2 unspecified atom stereocenters. The van der Waals surface area contributed by atoms with Crippen LogP contribution in [0.15, 0.2) is 4.99 Å². The van der Waals surface area contributed by atoms with E-state index in [1.54, 1.807) is 0 Å². The number of hydrogen-bond acceptors (Lipinski definition) is 3. The van der Waals surface area contributed by atoms with Gasteiger partial charge in [0.15, 0.2) is 0 Å². The van der Waals surface area contributed by atoms with Crippen molar-refractivity contribution in [2.45, 2.75) is 19.4 Å². The number of carbonyl (C=O) groups is 1. The van der Waals surface area contributed by atoms with E-state index < -0.39 is 0 Å². The minimum absolute atomic E-state index is 0.132. The molecule has 4 heteroatoms. The Balaban J connectivity index is 2.19. The molecule has 0 aromatic heterocycles. The van der Waals surface area contributed by atoms with Gasteiger partial charge in [0.2, 0.25) is 5.91 Å². The molecule has 1 N–H and O–H groups in total. The van der Waals surface area contributed by atoms with Gasteiger partial charge in [-0.1, -0.05) is 0 Å². The van der Waals surface area contributed by atoms with Gasteiger partial charge in [0.1, 0.15) is 5.84 Å². The third-order valence-electron chi connectivity index (χ3n) is 2.32. The summed E-state index contributed by atoms with van der Waals surface area (Å²) < 4.78 is 0. The van der Waals surface area contributed by atoms with E-state index in [0.29, 0.717) is 0 Å². The molecular formula is C8H12N2OS. The number of thioether (sulfide) groups is 1. The summed E-state index contributed by atoms with van der Waals surface area (Å²) in [4.78, 5) is 15.9. The van der Waals surface area contributed by atoms with Gasteiger partial charge in [0, 0.05) is 5.75 Å². The van der Waals surface area contributed by atoms with E-state index in [1.807, 2.05) is 18.7 Å². The molecule has 1 saturated heterocycles. The summed E-state index contributed by atoms with van der Waals surface area (Å²) in [7, 11) is 0. The van der Waals surface area contributed by atoms with Crippen LogP contribution >= 0.6 is 11.8 Å². The highest BCUT2D eigenvalue weighted by atomic mass is 32.2.